The summed E-state index contributed by atoms with van der Waals surface area (Å²) in [5, 5.41) is 5.49. The third kappa shape index (κ3) is 4.16. The number of benzene rings is 2. The van der Waals surface area contributed by atoms with Gasteiger partial charge in [0.15, 0.2) is 0 Å². The van der Waals surface area contributed by atoms with Crippen molar-refractivity contribution in [1.82, 2.24) is 0 Å². The number of rotatable bonds is 3. The molecule has 0 heterocycles. The summed E-state index contributed by atoms with van der Waals surface area (Å²) in [6, 6.07) is 12.4. The molecule has 0 aromatic heterocycles. The van der Waals surface area contributed by atoms with Crippen molar-refractivity contribution in [3.05, 3.63) is 58.1 Å². The summed E-state index contributed by atoms with van der Waals surface area (Å²) in [6.07, 6.45) is 0. The number of carbonyl (C=O) groups excluding carboxylic acids is 2. The molecule has 0 radical (unpaired) electrons. The Kier molecular flexibility index (Phi) is 4.75. The third-order valence-corrected chi connectivity index (χ3v) is 3.75. The Morgan fingerprint density at radius 2 is 1.71 bits per heavy atom. The summed E-state index contributed by atoms with van der Waals surface area (Å²) in [6.45, 7) is 3.38. The first kappa shape index (κ1) is 15.3. The average Bonchev–Trinajstić information content (AvgIpc) is 2.42. The van der Waals surface area contributed by atoms with Crippen LogP contribution < -0.4 is 10.6 Å². The predicted molar refractivity (Wildman–Crippen MR) is 87.6 cm³/mol. The van der Waals surface area contributed by atoms with E-state index in [9.17, 15) is 9.59 Å². The van der Waals surface area contributed by atoms with Crippen molar-refractivity contribution in [2.45, 2.75) is 13.8 Å². The van der Waals surface area contributed by atoms with Crippen molar-refractivity contribution < 1.29 is 9.59 Å². The molecular formula is C16H15BrN2O2. The molecule has 0 saturated carbocycles. The second-order valence-electron chi connectivity index (χ2n) is 4.68. The molecule has 0 atom stereocenters. The Hall–Kier alpha value is -2.14. The molecule has 0 saturated heterocycles. The molecule has 0 aliphatic heterocycles. The largest absolute Gasteiger partial charge is 0.326 e. The SMILES string of the molecule is CC(=O)Nc1cccc(C(=O)Nc2ccc(Br)c(C)c2)c1. The van der Waals surface area contributed by atoms with Crippen LogP contribution in [0.4, 0.5) is 11.4 Å². The van der Waals surface area contributed by atoms with Crippen LogP contribution in [0.5, 0.6) is 0 Å². The quantitative estimate of drug-likeness (QED) is 0.883. The number of nitrogens with one attached hydrogen (secondary N) is 2. The first-order valence-corrected chi connectivity index (χ1v) is 7.20. The summed E-state index contributed by atoms with van der Waals surface area (Å²) < 4.78 is 0.994. The minimum Gasteiger partial charge on any atom is -0.326 e. The average molecular weight is 347 g/mol. The smallest absolute Gasteiger partial charge is 0.255 e. The Morgan fingerprint density at radius 3 is 2.38 bits per heavy atom. The number of hydrogen-bond donors (Lipinski definition) is 2. The minimum absolute atomic E-state index is 0.170. The highest BCUT2D eigenvalue weighted by Crippen LogP contribution is 2.21. The van der Waals surface area contributed by atoms with E-state index >= 15 is 0 Å². The number of amides is 2. The summed E-state index contributed by atoms with van der Waals surface area (Å²) in [5.41, 5.74) is 2.86. The monoisotopic (exact) mass is 346 g/mol. The zero-order valence-corrected chi connectivity index (χ0v) is 13.3. The molecule has 0 spiro atoms. The highest BCUT2D eigenvalue weighted by Gasteiger charge is 2.08. The molecule has 0 aliphatic carbocycles. The molecule has 0 unspecified atom stereocenters. The van der Waals surface area contributed by atoms with Crippen molar-refractivity contribution in [1.29, 1.82) is 0 Å². The Bertz CT molecular complexity index is 698. The van der Waals surface area contributed by atoms with Gasteiger partial charge in [0.2, 0.25) is 5.91 Å². The molecule has 2 aromatic rings. The summed E-state index contributed by atoms with van der Waals surface area (Å²) >= 11 is 3.42. The van der Waals surface area contributed by atoms with Crippen LogP contribution in [0.3, 0.4) is 0 Å². The first-order valence-electron chi connectivity index (χ1n) is 6.41. The molecule has 2 amide bonds. The van der Waals surface area contributed by atoms with E-state index in [0.717, 1.165) is 15.7 Å². The van der Waals surface area contributed by atoms with Gasteiger partial charge in [-0.15, -0.1) is 0 Å². The van der Waals surface area contributed by atoms with E-state index < -0.39 is 0 Å². The zero-order chi connectivity index (χ0) is 15.4. The minimum atomic E-state index is -0.219. The standard InChI is InChI=1S/C16H15BrN2O2/c1-10-8-14(6-7-15(10)17)19-16(21)12-4-3-5-13(9-12)18-11(2)20/h3-9H,1-2H3,(H,18,20)(H,19,21). The molecule has 0 bridgehead atoms. The fraction of sp³-hybridized carbons (Fsp3) is 0.125. The van der Waals surface area contributed by atoms with Gasteiger partial charge in [0, 0.05) is 28.3 Å². The van der Waals surface area contributed by atoms with E-state index in [1.165, 1.54) is 6.92 Å². The number of carbonyl (C=O) groups is 2. The highest BCUT2D eigenvalue weighted by atomic mass is 79.9. The van der Waals surface area contributed by atoms with E-state index in [1.807, 2.05) is 25.1 Å². The van der Waals surface area contributed by atoms with Crippen molar-refractivity contribution in [3.8, 4) is 0 Å². The summed E-state index contributed by atoms with van der Waals surface area (Å²) in [5.74, 6) is -0.389. The number of halogens is 1. The van der Waals surface area contributed by atoms with Gasteiger partial charge in [-0.2, -0.15) is 0 Å². The second-order valence-corrected chi connectivity index (χ2v) is 5.53. The number of anilines is 2. The Labute approximate surface area is 131 Å². The highest BCUT2D eigenvalue weighted by molar-refractivity contribution is 9.10. The number of hydrogen-bond acceptors (Lipinski definition) is 2. The lowest BCUT2D eigenvalue weighted by molar-refractivity contribution is -0.114. The van der Waals surface area contributed by atoms with Crippen LogP contribution in [0.25, 0.3) is 0 Å². The van der Waals surface area contributed by atoms with Gasteiger partial charge in [-0.3, -0.25) is 9.59 Å². The van der Waals surface area contributed by atoms with Crippen LogP contribution in [-0.2, 0) is 4.79 Å². The normalized spacial score (nSPS) is 10.0. The van der Waals surface area contributed by atoms with Gasteiger partial charge in [0.1, 0.15) is 0 Å². The van der Waals surface area contributed by atoms with Gasteiger partial charge >= 0.3 is 0 Å². The summed E-state index contributed by atoms with van der Waals surface area (Å²) in [4.78, 5) is 23.3. The van der Waals surface area contributed by atoms with E-state index in [1.54, 1.807) is 24.3 Å². The maximum atomic E-state index is 12.2. The maximum absolute atomic E-state index is 12.2. The van der Waals surface area contributed by atoms with Gasteiger partial charge < -0.3 is 10.6 Å². The maximum Gasteiger partial charge on any atom is 0.255 e. The van der Waals surface area contributed by atoms with E-state index in [-0.39, 0.29) is 11.8 Å². The van der Waals surface area contributed by atoms with Crippen LogP contribution >= 0.6 is 15.9 Å². The van der Waals surface area contributed by atoms with E-state index in [0.29, 0.717) is 11.3 Å². The predicted octanol–water partition coefficient (Wildman–Crippen LogP) is 3.97. The Balaban J connectivity index is 2.16. The molecule has 0 aliphatic rings. The van der Waals surface area contributed by atoms with Gasteiger partial charge in [0.05, 0.1) is 0 Å². The van der Waals surface area contributed by atoms with Crippen LogP contribution in [0, 0.1) is 6.92 Å². The molecule has 21 heavy (non-hydrogen) atoms. The topological polar surface area (TPSA) is 58.2 Å². The molecule has 5 heteroatoms. The van der Waals surface area contributed by atoms with Gasteiger partial charge in [-0.05, 0) is 48.9 Å². The fourth-order valence-corrected chi connectivity index (χ4v) is 2.11. The fourth-order valence-electron chi connectivity index (χ4n) is 1.87. The Morgan fingerprint density at radius 1 is 1.00 bits per heavy atom. The molecule has 2 rings (SSSR count). The van der Waals surface area contributed by atoms with E-state index in [4.69, 9.17) is 0 Å². The second kappa shape index (κ2) is 6.54. The van der Waals surface area contributed by atoms with Crippen molar-refractivity contribution in [3.63, 3.8) is 0 Å². The van der Waals surface area contributed by atoms with Crippen molar-refractivity contribution in [2.24, 2.45) is 0 Å². The molecule has 4 nitrogen and oxygen atoms in total. The van der Waals surface area contributed by atoms with Crippen LogP contribution in [0.2, 0.25) is 0 Å². The van der Waals surface area contributed by atoms with Crippen LogP contribution in [0.15, 0.2) is 46.9 Å². The lowest BCUT2D eigenvalue weighted by Gasteiger charge is -2.08. The third-order valence-electron chi connectivity index (χ3n) is 2.86. The summed E-state index contributed by atoms with van der Waals surface area (Å²) in [7, 11) is 0. The first-order chi connectivity index (χ1) is 9.95. The van der Waals surface area contributed by atoms with Gasteiger partial charge in [0.25, 0.3) is 5.91 Å². The molecular weight excluding hydrogens is 332 g/mol. The number of aryl methyl sites for hydroxylation is 1. The van der Waals surface area contributed by atoms with Crippen molar-refractivity contribution >= 4 is 39.1 Å². The van der Waals surface area contributed by atoms with Crippen molar-refractivity contribution in [2.75, 3.05) is 10.6 Å². The van der Waals surface area contributed by atoms with Gasteiger partial charge in [-0.25, -0.2) is 0 Å². The molecule has 108 valence electrons. The molecule has 2 N–H and O–H groups in total. The zero-order valence-electron chi connectivity index (χ0n) is 11.7. The molecule has 2 aromatic carbocycles. The lowest BCUT2D eigenvalue weighted by Crippen LogP contribution is -2.13. The van der Waals surface area contributed by atoms with Gasteiger partial charge in [-0.1, -0.05) is 22.0 Å². The van der Waals surface area contributed by atoms with E-state index in [2.05, 4.69) is 26.6 Å². The molecule has 0 fully saturated rings. The lowest BCUT2D eigenvalue weighted by atomic mass is 10.1. The van der Waals surface area contributed by atoms with Crippen LogP contribution in [0.1, 0.15) is 22.8 Å². The van der Waals surface area contributed by atoms with Crippen LogP contribution in [-0.4, -0.2) is 11.8 Å².